The Hall–Kier alpha value is -0.800. The van der Waals surface area contributed by atoms with Crippen LogP contribution >= 0.6 is 11.6 Å². The molecule has 1 aliphatic heterocycles. The number of rotatable bonds is 3. The maximum absolute atomic E-state index is 13.0. The molecule has 1 fully saturated rings. The van der Waals surface area contributed by atoms with Crippen LogP contribution in [0.4, 0.5) is 10.1 Å². The summed E-state index contributed by atoms with van der Waals surface area (Å²) in [6.45, 7) is 4.93. The first-order valence-corrected chi connectivity index (χ1v) is 6.21. The zero-order chi connectivity index (χ0) is 12.5. The van der Waals surface area contributed by atoms with Gasteiger partial charge in [-0.1, -0.05) is 11.6 Å². The molecule has 0 bridgehead atoms. The predicted molar refractivity (Wildman–Crippen MR) is 68.1 cm³/mol. The van der Waals surface area contributed by atoms with Crippen molar-refractivity contribution in [2.24, 2.45) is 0 Å². The van der Waals surface area contributed by atoms with Crippen molar-refractivity contribution in [2.45, 2.75) is 38.4 Å². The lowest BCUT2D eigenvalue weighted by Crippen LogP contribution is -2.24. The lowest BCUT2D eigenvalue weighted by molar-refractivity contribution is -0.00910. The summed E-state index contributed by atoms with van der Waals surface area (Å²) in [5.41, 5.74) is 0.803. The Morgan fingerprint density at radius 1 is 1.53 bits per heavy atom. The second-order valence-electron chi connectivity index (χ2n) is 5.05. The normalized spacial score (nSPS) is 22.7. The monoisotopic (exact) mass is 257 g/mol. The van der Waals surface area contributed by atoms with Crippen molar-refractivity contribution in [3.05, 3.63) is 29.0 Å². The molecule has 0 saturated carbocycles. The second-order valence-corrected chi connectivity index (χ2v) is 5.46. The van der Waals surface area contributed by atoms with E-state index in [1.165, 1.54) is 6.07 Å². The van der Waals surface area contributed by atoms with Gasteiger partial charge in [0.25, 0.3) is 0 Å². The van der Waals surface area contributed by atoms with Crippen LogP contribution < -0.4 is 5.32 Å². The number of halogens is 2. The van der Waals surface area contributed by atoms with Crippen LogP contribution in [0.3, 0.4) is 0 Å². The van der Waals surface area contributed by atoms with Crippen LogP contribution in [0.5, 0.6) is 0 Å². The Labute approximate surface area is 106 Å². The van der Waals surface area contributed by atoms with E-state index in [2.05, 4.69) is 19.2 Å². The first-order chi connectivity index (χ1) is 7.96. The largest absolute Gasteiger partial charge is 0.382 e. The summed E-state index contributed by atoms with van der Waals surface area (Å²) in [6, 6.07) is 4.64. The molecule has 2 nitrogen and oxygen atoms in total. The van der Waals surface area contributed by atoms with Gasteiger partial charge in [0, 0.05) is 12.2 Å². The van der Waals surface area contributed by atoms with Crippen LogP contribution in [0.25, 0.3) is 0 Å². The molecule has 4 heteroatoms. The third kappa shape index (κ3) is 3.33. The topological polar surface area (TPSA) is 21.3 Å². The minimum atomic E-state index is -0.393. The molecular formula is C13H17ClFNO. The summed E-state index contributed by atoms with van der Waals surface area (Å²) in [7, 11) is 0. The fraction of sp³-hybridized carbons (Fsp3) is 0.538. The molecule has 0 radical (unpaired) electrons. The number of ether oxygens (including phenoxy) is 1. The molecule has 1 N–H and O–H groups in total. The van der Waals surface area contributed by atoms with E-state index in [9.17, 15) is 4.39 Å². The fourth-order valence-corrected chi connectivity index (χ4v) is 2.24. The first kappa shape index (κ1) is 12.7. The minimum absolute atomic E-state index is 0.0210. The van der Waals surface area contributed by atoms with E-state index in [0.29, 0.717) is 0 Å². The molecule has 1 aromatic rings. The molecule has 1 atom stereocenters. The van der Waals surface area contributed by atoms with Crippen molar-refractivity contribution in [1.82, 2.24) is 0 Å². The van der Waals surface area contributed by atoms with E-state index in [0.717, 1.165) is 25.1 Å². The van der Waals surface area contributed by atoms with Gasteiger partial charge in [0.05, 0.1) is 16.7 Å². The van der Waals surface area contributed by atoms with E-state index < -0.39 is 5.82 Å². The second kappa shape index (κ2) is 4.83. The van der Waals surface area contributed by atoms with E-state index in [1.807, 2.05) is 0 Å². The van der Waals surface area contributed by atoms with Gasteiger partial charge < -0.3 is 10.1 Å². The Morgan fingerprint density at radius 3 is 2.88 bits per heavy atom. The number of hydrogen-bond acceptors (Lipinski definition) is 2. The molecule has 2 rings (SSSR count). The highest BCUT2D eigenvalue weighted by Gasteiger charge is 2.31. The lowest BCUT2D eigenvalue weighted by atomic mass is 10.1. The molecule has 1 aromatic carbocycles. The summed E-state index contributed by atoms with van der Waals surface area (Å²) in [6.07, 6.45) is 2.34. The van der Waals surface area contributed by atoms with Gasteiger partial charge in [0.1, 0.15) is 5.82 Å². The summed E-state index contributed by atoms with van der Waals surface area (Å²) >= 11 is 5.71. The van der Waals surface area contributed by atoms with E-state index in [1.54, 1.807) is 12.1 Å². The average Bonchev–Trinajstić information content (AvgIpc) is 2.60. The summed E-state index contributed by atoms with van der Waals surface area (Å²) < 4.78 is 18.8. The summed E-state index contributed by atoms with van der Waals surface area (Å²) in [5.74, 6) is -0.393. The van der Waals surface area contributed by atoms with E-state index in [4.69, 9.17) is 16.3 Å². The number of anilines is 1. The third-order valence-electron chi connectivity index (χ3n) is 3.01. The van der Waals surface area contributed by atoms with E-state index >= 15 is 0 Å². The van der Waals surface area contributed by atoms with Crippen LogP contribution in [0.15, 0.2) is 18.2 Å². The molecule has 1 unspecified atom stereocenters. The highest BCUT2D eigenvalue weighted by atomic mass is 35.5. The van der Waals surface area contributed by atoms with E-state index in [-0.39, 0.29) is 16.7 Å². The quantitative estimate of drug-likeness (QED) is 0.888. The van der Waals surface area contributed by atoms with Crippen molar-refractivity contribution >= 4 is 17.3 Å². The Balaban J connectivity index is 1.88. The maximum Gasteiger partial charge on any atom is 0.141 e. The molecular weight excluding hydrogens is 241 g/mol. The number of nitrogens with one attached hydrogen (secondary N) is 1. The van der Waals surface area contributed by atoms with Gasteiger partial charge in [-0.2, -0.15) is 0 Å². The van der Waals surface area contributed by atoms with Crippen LogP contribution in [-0.2, 0) is 4.74 Å². The Kier molecular flexibility index (Phi) is 3.59. The predicted octanol–water partition coefficient (Wildman–Crippen LogP) is 3.85. The summed E-state index contributed by atoms with van der Waals surface area (Å²) in [5, 5.41) is 3.36. The molecule has 17 heavy (non-hydrogen) atoms. The van der Waals surface area contributed by atoms with Gasteiger partial charge in [-0.15, -0.1) is 0 Å². The average molecular weight is 258 g/mol. The van der Waals surface area contributed by atoms with Crippen molar-refractivity contribution in [3.8, 4) is 0 Å². The van der Waals surface area contributed by atoms with Gasteiger partial charge in [0.2, 0.25) is 0 Å². The Morgan fingerprint density at radius 2 is 2.29 bits per heavy atom. The van der Waals surface area contributed by atoms with Crippen LogP contribution in [0.1, 0.15) is 26.7 Å². The van der Waals surface area contributed by atoms with Gasteiger partial charge in [-0.3, -0.25) is 0 Å². The van der Waals surface area contributed by atoms with Gasteiger partial charge in [0.15, 0.2) is 0 Å². The fourth-order valence-electron chi connectivity index (χ4n) is 2.06. The molecule has 94 valence electrons. The summed E-state index contributed by atoms with van der Waals surface area (Å²) in [4.78, 5) is 0. The molecule has 1 saturated heterocycles. The molecule has 1 heterocycles. The van der Waals surface area contributed by atoms with Gasteiger partial charge in [-0.25, -0.2) is 4.39 Å². The zero-order valence-corrected chi connectivity index (χ0v) is 10.9. The number of benzene rings is 1. The highest BCUT2D eigenvalue weighted by Crippen LogP contribution is 2.29. The standard InChI is InChI=1S/C13H17ClFNO/c1-13(2)6-5-10(17-13)8-16-9-3-4-12(15)11(14)7-9/h3-4,7,10,16H,5-6,8H2,1-2H3. The molecule has 1 aliphatic rings. The Bertz CT molecular complexity index is 408. The van der Waals surface area contributed by atoms with Crippen LogP contribution in [0, 0.1) is 5.82 Å². The van der Waals surface area contributed by atoms with Crippen molar-refractivity contribution in [3.63, 3.8) is 0 Å². The molecule has 0 aliphatic carbocycles. The maximum atomic E-state index is 13.0. The lowest BCUT2D eigenvalue weighted by Gasteiger charge is -2.19. The van der Waals surface area contributed by atoms with Gasteiger partial charge >= 0.3 is 0 Å². The third-order valence-corrected chi connectivity index (χ3v) is 3.30. The molecule has 0 aromatic heterocycles. The van der Waals surface area contributed by atoms with Crippen molar-refractivity contribution in [2.75, 3.05) is 11.9 Å². The zero-order valence-electron chi connectivity index (χ0n) is 10.1. The van der Waals surface area contributed by atoms with Gasteiger partial charge in [-0.05, 0) is 44.9 Å². The first-order valence-electron chi connectivity index (χ1n) is 5.83. The molecule has 0 spiro atoms. The minimum Gasteiger partial charge on any atom is -0.382 e. The van der Waals surface area contributed by atoms with Crippen LogP contribution in [0.2, 0.25) is 5.02 Å². The molecule has 0 amide bonds. The smallest absolute Gasteiger partial charge is 0.141 e. The van der Waals surface area contributed by atoms with Crippen molar-refractivity contribution < 1.29 is 9.13 Å². The van der Waals surface area contributed by atoms with Crippen LogP contribution in [-0.4, -0.2) is 18.2 Å². The van der Waals surface area contributed by atoms with Crippen molar-refractivity contribution in [1.29, 1.82) is 0 Å². The SMILES string of the molecule is CC1(C)CCC(CNc2ccc(F)c(Cl)c2)O1. The highest BCUT2D eigenvalue weighted by molar-refractivity contribution is 6.31. The number of hydrogen-bond donors (Lipinski definition) is 1.